The molecule has 0 radical (unpaired) electrons. The Morgan fingerprint density at radius 2 is 1.52 bits per heavy atom. The topological polar surface area (TPSA) is 90.0 Å². The van der Waals surface area contributed by atoms with Crippen molar-refractivity contribution in [2.45, 2.75) is 39.3 Å². The van der Waals surface area contributed by atoms with Gasteiger partial charge in [0, 0.05) is 27.2 Å². The van der Waals surface area contributed by atoms with Gasteiger partial charge in [0.2, 0.25) is 11.8 Å². The second kappa shape index (κ2) is 12.4. The third kappa shape index (κ3) is 7.03. The second-order valence-corrected chi connectivity index (χ2v) is 9.92. The maximum absolute atomic E-state index is 13.6. The Morgan fingerprint density at radius 3 is 2.03 bits per heavy atom. The van der Waals surface area contributed by atoms with Gasteiger partial charge >= 0.3 is 10.2 Å². The molecule has 0 heterocycles. The fraction of sp³-hybridized carbons (Fsp3) is 0.417. The molecule has 8 nitrogen and oxygen atoms in total. The minimum atomic E-state index is -3.94. The number of anilines is 1. The lowest BCUT2D eigenvalue weighted by Gasteiger charge is -2.33. The van der Waals surface area contributed by atoms with Gasteiger partial charge in [-0.3, -0.25) is 9.59 Å². The summed E-state index contributed by atoms with van der Waals surface area (Å²) in [6, 6.07) is 17.1. The highest BCUT2D eigenvalue weighted by Crippen LogP contribution is 2.21. The number of nitrogens with zero attached hydrogens (tertiary/aromatic N) is 3. The predicted molar refractivity (Wildman–Crippen MR) is 131 cm³/mol. The zero-order chi connectivity index (χ0) is 24.4. The van der Waals surface area contributed by atoms with Gasteiger partial charge in [0.05, 0.1) is 5.69 Å². The van der Waals surface area contributed by atoms with E-state index in [0.717, 1.165) is 20.6 Å². The van der Waals surface area contributed by atoms with Crippen LogP contribution in [0, 0.1) is 0 Å². The van der Waals surface area contributed by atoms with E-state index in [9.17, 15) is 18.0 Å². The van der Waals surface area contributed by atoms with Crippen molar-refractivity contribution in [3.63, 3.8) is 0 Å². The number of rotatable bonds is 12. The molecular weight excluding hydrogens is 440 g/mol. The van der Waals surface area contributed by atoms with Crippen LogP contribution in [0.3, 0.4) is 0 Å². The van der Waals surface area contributed by atoms with Gasteiger partial charge in [-0.1, -0.05) is 62.4 Å². The molecule has 1 atom stereocenters. The van der Waals surface area contributed by atoms with Crippen LogP contribution in [-0.4, -0.2) is 62.7 Å². The summed E-state index contributed by atoms with van der Waals surface area (Å²) in [4.78, 5) is 28.0. The summed E-state index contributed by atoms with van der Waals surface area (Å²) in [6.07, 6.45) is 1.18. The molecule has 0 spiro atoms. The van der Waals surface area contributed by atoms with Crippen LogP contribution in [-0.2, 0) is 26.3 Å². The van der Waals surface area contributed by atoms with E-state index in [-0.39, 0.29) is 12.5 Å². The summed E-state index contributed by atoms with van der Waals surface area (Å²) in [5, 5.41) is 2.87. The maximum Gasteiger partial charge on any atom is 0.304 e. The van der Waals surface area contributed by atoms with Crippen molar-refractivity contribution in [3.05, 3.63) is 66.2 Å². The first-order valence-electron chi connectivity index (χ1n) is 11.1. The van der Waals surface area contributed by atoms with E-state index < -0.39 is 28.7 Å². The molecule has 0 aliphatic carbocycles. The average molecular weight is 475 g/mol. The smallest absolute Gasteiger partial charge is 0.304 e. The monoisotopic (exact) mass is 474 g/mol. The highest BCUT2D eigenvalue weighted by atomic mass is 32.2. The van der Waals surface area contributed by atoms with E-state index in [4.69, 9.17) is 0 Å². The van der Waals surface area contributed by atoms with Gasteiger partial charge in [-0.15, -0.1) is 0 Å². The van der Waals surface area contributed by atoms with Crippen molar-refractivity contribution in [1.29, 1.82) is 0 Å². The van der Waals surface area contributed by atoms with E-state index in [1.807, 2.05) is 44.2 Å². The van der Waals surface area contributed by atoms with Crippen LogP contribution in [0.4, 0.5) is 5.69 Å². The largest absolute Gasteiger partial charge is 0.354 e. The Kier molecular flexibility index (Phi) is 9.87. The highest BCUT2D eigenvalue weighted by Gasteiger charge is 2.33. The van der Waals surface area contributed by atoms with Gasteiger partial charge in [-0.25, -0.2) is 4.31 Å². The third-order valence-corrected chi connectivity index (χ3v) is 7.01. The number of para-hydroxylation sites is 1. The quantitative estimate of drug-likeness (QED) is 0.512. The molecule has 0 saturated heterocycles. The zero-order valence-corrected chi connectivity index (χ0v) is 20.6. The maximum atomic E-state index is 13.6. The number of hydrogen-bond acceptors (Lipinski definition) is 4. The summed E-state index contributed by atoms with van der Waals surface area (Å²) < 4.78 is 28.3. The lowest BCUT2D eigenvalue weighted by Crippen LogP contribution is -2.53. The number of carbonyl (C=O) groups excluding carboxylic acids is 2. The van der Waals surface area contributed by atoms with Crippen LogP contribution >= 0.6 is 0 Å². The fourth-order valence-electron chi connectivity index (χ4n) is 3.38. The minimum Gasteiger partial charge on any atom is -0.354 e. The van der Waals surface area contributed by atoms with Crippen LogP contribution in [0.25, 0.3) is 0 Å². The van der Waals surface area contributed by atoms with Gasteiger partial charge in [-0.2, -0.15) is 12.7 Å². The minimum absolute atomic E-state index is 0.197. The summed E-state index contributed by atoms with van der Waals surface area (Å²) in [6.45, 7) is 4.08. The van der Waals surface area contributed by atoms with Crippen LogP contribution in [0.1, 0.15) is 32.3 Å². The number of nitrogens with one attached hydrogen (secondary N) is 1. The van der Waals surface area contributed by atoms with E-state index in [1.165, 1.54) is 19.0 Å². The van der Waals surface area contributed by atoms with Crippen molar-refractivity contribution in [2.75, 3.05) is 31.5 Å². The zero-order valence-electron chi connectivity index (χ0n) is 19.8. The molecule has 9 heteroatoms. The Bertz CT molecular complexity index is 998. The van der Waals surface area contributed by atoms with Crippen molar-refractivity contribution < 1.29 is 18.0 Å². The molecule has 2 aromatic carbocycles. The van der Waals surface area contributed by atoms with Gasteiger partial charge in [0.15, 0.2) is 0 Å². The molecule has 0 aliphatic rings. The number of amides is 2. The molecule has 0 aliphatic heterocycles. The molecule has 0 unspecified atom stereocenters. The Hall–Kier alpha value is -2.91. The molecule has 0 fully saturated rings. The first-order chi connectivity index (χ1) is 15.7. The molecule has 33 heavy (non-hydrogen) atoms. The molecule has 2 amide bonds. The Morgan fingerprint density at radius 1 is 0.939 bits per heavy atom. The second-order valence-electron chi connectivity index (χ2n) is 7.85. The Labute approximate surface area is 197 Å². The molecule has 1 N–H and O–H groups in total. The van der Waals surface area contributed by atoms with E-state index >= 15 is 0 Å². The number of carbonyl (C=O) groups is 2. The molecule has 180 valence electrons. The average Bonchev–Trinajstić information content (AvgIpc) is 2.81. The number of benzene rings is 2. The summed E-state index contributed by atoms with van der Waals surface area (Å²) in [5.41, 5.74) is 1.23. The van der Waals surface area contributed by atoms with Crippen molar-refractivity contribution in [3.8, 4) is 0 Å². The van der Waals surface area contributed by atoms with E-state index in [1.54, 1.807) is 30.3 Å². The Balaban J connectivity index is 2.43. The first kappa shape index (κ1) is 26.3. The standard InChI is InChI=1S/C24H34N4O4S/c1-5-17-25-24(30)22(6-2)27(18-20-13-9-7-10-14-20)23(29)19-28(33(31,32)26(3)4)21-15-11-8-12-16-21/h7-16,22H,5-6,17-19H2,1-4H3,(H,25,30)/t22-/m1/s1. The summed E-state index contributed by atoms with van der Waals surface area (Å²) >= 11 is 0. The molecule has 0 saturated carbocycles. The summed E-state index contributed by atoms with van der Waals surface area (Å²) in [7, 11) is -1.10. The molecule has 2 aromatic rings. The molecule has 0 bridgehead atoms. The van der Waals surface area contributed by atoms with Crippen molar-refractivity contribution in [1.82, 2.24) is 14.5 Å². The lowest BCUT2D eigenvalue weighted by molar-refractivity contribution is -0.140. The van der Waals surface area contributed by atoms with Crippen LogP contribution < -0.4 is 9.62 Å². The predicted octanol–water partition coefficient (Wildman–Crippen LogP) is 2.63. The highest BCUT2D eigenvalue weighted by molar-refractivity contribution is 7.90. The van der Waals surface area contributed by atoms with E-state index in [2.05, 4.69) is 5.32 Å². The van der Waals surface area contributed by atoms with Crippen LogP contribution in [0.5, 0.6) is 0 Å². The third-order valence-electron chi connectivity index (χ3n) is 5.19. The van der Waals surface area contributed by atoms with E-state index in [0.29, 0.717) is 18.7 Å². The SMILES string of the molecule is CCCNC(=O)[C@@H](CC)N(Cc1ccccc1)C(=O)CN(c1ccccc1)S(=O)(=O)N(C)C. The normalized spacial score (nSPS) is 12.3. The van der Waals surface area contributed by atoms with Crippen molar-refractivity contribution in [2.24, 2.45) is 0 Å². The van der Waals surface area contributed by atoms with Crippen LogP contribution in [0.2, 0.25) is 0 Å². The molecule has 0 aromatic heterocycles. The van der Waals surface area contributed by atoms with Gasteiger partial charge in [-0.05, 0) is 30.5 Å². The molecule has 2 rings (SSSR count). The number of hydrogen-bond donors (Lipinski definition) is 1. The lowest BCUT2D eigenvalue weighted by atomic mass is 10.1. The van der Waals surface area contributed by atoms with Crippen LogP contribution in [0.15, 0.2) is 60.7 Å². The first-order valence-corrected chi connectivity index (χ1v) is 12.5. The van der Waals surface area contributed by atoms with Gasteiger partial charge in [0.25, 0.3) is 0 Å². The van der Waals surface area contributed by atoms with Crippen molar-refractivity contribution >= 4 is 27.7 Å². The summed E-state index contributed by atoms with van der Waals surface area (Å²) in [5.74, 6) is -0.697. The fourth-order valence-corrected chi connectivity index (χ4v) is 4.43. The van der Waals surface area contributed by atoms with Gasteiger partial charge < -0.3 is 10.2 Å². The molecular formula is C24H34N4O4S. The van der Waals surface area contributed by atoms with Gasteiger partial charge in [0.1, 0.15) is 12.6 Å².